The van der Waals surface area contributed by atoms with Crippen LogP contribution in [0.15, 0.2) is 21.9 Å². The third-order valence-electron chi connectivity index (χ3n) is 3.86. The average Bonchev–Trinajstić information content (AvgIpc) is 2.52. The third-order valence-corrected chi connectivity index (χ3v) is 3.86. The molecule has 2 rings (SSSR count). The second-order valence-electron chi connectivity index (χ2n) is 5.28. The fourth-order valence-corrected chi connectivity index (χ4v) is 2.03. The summed E-state index contributed by atoms with van der Waals surface area (Å²) in [5, 5.41) is 2.90. The minimum absolute atomic E-state index is 0.139. The monoisotopic (exact) mass is 305 g/mol. The van der Waals surface area contributed by atoms with Gasteiger partial charge in [-0.3, -0.25) is 19.6 Å². The van der Waals surface area contributed by atoms with Crippen LogP contribution < -0.4 is 22.3 Å². The zero-order valence-electron chi connectivity index (χ0n) is 12.5. The summed E-state index contributed by atoms with van der Waals surface area (Å²) in [5.41, 5.74) is 4.82. The molecule has 1 amide bonds. The minimum atomic E-state index is -0.638. The highest BCUT2D eigenvalue weighted by Gasteiger charge is 2.21. The van der Waals surface area contributed by atoms with E-state index in [1.165, 1.54) is 12.3 Å². The smallest absolute Gasteiger partial charge is 0.327 e. The molecule has 0 saturated carbocycles. The molecule has 0 atom stereocenters. The van der Waals surface area contributed by atoms with E-state index in [1.807, 2.05) is 13.8 Å². The lowest BCUT2D eigenvalue weighted by atomic mass is 9.94. The largest absolute Gasteiger partial charge is 0.350 e. The molecule has 0 aliphatic rings. The maximum absolute atomic E-state index is 12.2. The van der Waals surface area contributed by atoms with E-state index in [0.717, 1.165) is 12.8 Å². The number of aromatic amines is 2. The van der Waals surface area contributed by atoms with Gasteiger partial charge in [0, 0.05) is 18.3 Å². The molecule has 0 fully saturated rings. The number of fused-ring (bicyclic) bond motifs is 1. The van der Waals surface area contributed by atoms with Gasteiger partial charge in [0.1, 0.15) is 5.65 Å². The molecule has 0 radical (unpaired) electrons. The SMILES string of the molecule is CCC(N)(CC)CNC(=O)c1cnc2[nH]c(=O)[nH]c(=O)c2c1. The second-order valence-corrected chi connectivity index (χ2v) is 5.28. The van der Waals surface area contributed by atoms with E-state index in [2.05, 4.69) is 20.3 Å². The van der Waals surface area contributed by atoms with Gasteiger partial charge in [0.15, 0.2) is 0 Å². The van der Waals surface area contributed by atoms with Gasteiger partial charge in [0.05, 0.1) is 10.9 Å². The molecule has 5 N–H and O–H groups in total. The van der Waals surface area contributed by atoms with Crippen LogP contribution in [0.5, 0.6) is 0 Å². The molecule has 2 aromatic rings. The topological polar surface area (TPSA) is 134 Å². The van der Waals surface area contributed by atoms with Crippen LogP contribution in [0.25, 0.3) is 11.0 Å². The van der Waals surface area contributed by atoms with E-state index >= 15 is 0 Å². The standard InChI is InChI=1S/C14H19N5O3/c1-3-14(15,4-2)7-17-11(20)8-5-9-10(16-6-8)18-13(22)19-12(9)21/h5-6H,3-4,7,15H2,1-2H3,(H,17,20)(H2,16,18,19,21,22). The number of carbonyl (C=O) groups is 1. The first-order chi connectivity index (χ1) is 10.4. The summed E-state index contributed by atoms with van der Waals surface area (Å²) < 4.78 is 0. The van der Waals surface area contributed by atoms with E-state index in [4.69, 9.17) is 5.73 Å². The summed E-state index contributed by atoms with van der Waals surface area (Å²) in [6, 6.07) is 1.39. The molecule has 0 aromatic carbocycles. The highest BCUT2D eigenvalue weighted by Crippen LogP contribution is 2.10. The van der Waals surface area contributed by atoms with Crippen LogP contribution in [0.2, 0.25) is 0 Å². The average molecular weight is 305 g/mol. The number of carbonyl (C=O) groups excluding carboxylic acids is 1. The first-order valence-electron chi connectivity index (χ1n) is 7.08. The van der Waals surface area contributed by atoms with Crippen molar-refractivity contribution in [1.82, 2.24) is 20.3 Å². The van der Waals surface area contributed by atoms with Crippen molar-refractivity contribution in [3.05, 3.63) is 38.7 Å². The van der Waals surface area contributed by atoms with Crippen molar-refractivity contribution in [3.8, 4) is 0 Å². The second kappa shape index (κ2) is 6.10. The number of nitrogens with one attached hydrogen (secondary N) is 3. The highest BCUT2D eigenvalue weighted by atomic mass is 16.2. The Bertz CT molecular complexity index is 804. The summed E-state index contributed by atoms with van der Waals surface area (Å²) in [7, 11) is 0. The maximum atomic E-state index is 12.2. The molecule has 8 heteroatoms. The lowest BCUT2D eigenvalue weighted by Crippen LogP contribution is -2.49. The predicted molar refractivity (Wildman–Crippen MR) is 82.8 cm³/mol. The fourth-order valence-electron chi connectivity index (χ4n) is 2.03. The fraction of sp³-hybridized carbons (Fsp3) is 0.429. The van der Waals surface area contributed by atoms with Crippen LogP contribution in [0, 0.1) is 0 Å². The Morgan fingerprint density at radius 3 is 2.64 bits per heavy atom. The van der Waals surface area contributed by atoms with Crippen LogP contribution in [-0.2, 0) is 0 Å². The van der Waals surface area contributed by atoms with Gasteiger partial charge < -0.3 is 11.1 Å². The zero-order valence-corrected chi connectivity index (χ0v) is 12.5. The quantitative estimate of drug-likeness (QED) is 0.610. The third kappa shape index (κ3) is 3.22. The molecular formula is C14H19N5O3. The number of nitrogens with zero attached hydrogens (tertiary/aromatic N) is 1. The van der Waals surface area contributed by atoms with E-state index in [1.54, 1.807) is 0 Å². The van der Waals surface area contributed by atoms with Crippen molar-refractivity contribution >= 4 is 16.9 Å². The number of H-pyrrole nitrogens is 2. The Morgan fingerprint density at radius 2 is 2.00 bits per heavy atom. The summed E-state index contributed by atoms with van der Waals surface area (Å²) >= 11 is 0. The highest BCUT2D eigenvalue weighted by molar-refractivity contribution is 5.96. The first kappa shape index (κ1) is 15.9. The minimum Gasteiger partial charge on any atom is -0.350 e. The van der Waals surface area contributed by atoms with Crippen LogP contribution in [-0.4, -0.2) is 32.9 Å². The lowest BCUT2D eigenvalue weighted by Gasteiger charge is -2.26. The Balaban J connectivity index is 2.26. The van der Waals surface area contributed by atoms with Gasteiger partial charge in [-0.1, -0.05) is 13.8 Å². The number of aromatic nitrogens is 3. The number of pyridine rings is 1. The molecule has 2 aromatic heterocycles. The molecule has 8 nitrogen and oxygen atoms in total. The molecule has 0 aliphatic heterocycles. The van der Waals surface area contributed by atoms with Crippen molar-refractivity contribution in [2.75, 3.05) is 6.54 Å². The Kier molecular flexibility index (Phi) is 4.41. The lowest BCUT2D eigenvalue weighted by molar-refractivity contribution is 0.0942. The molecule has 22 heavy (non-hydrogen) atoms. The molecule has 0 aliphatic carbocycles. The molecule has 0 bridgehead atoms. The first-order valence-corrected chi connectivity index (χ1v) is 7.08. The van der Waals surface area contributed by atoms with Crippen LogP contribution in [0.1, 0.15) is 37.0 Å². The van der Waals surface area contributed by atoms with Crippen LogP contribution >= 0.6 is 0 Å². The van der Waals surface area contributed by atoms with Crippen molar-refractivity contribution in [1.29, 1.82) is 0 Å². The van der Waals surface area contributed by atoms with Crippen molar-refractivity contribution in [2.45, 2.75) is 32.2 Å². The summed E-state index contributed by atoms with van der Waals surface area (Å²) in [6.07, 6.45) is 2.78. The van der Waals surface area contributed by atoms with Gasteiger partial charge >= 0.3 is 5.69 Å². The molecule has 0 saturated heterocycles. The molecule has 0 spiro atoms. The molecule has 2 heterocycles. The van der Waals surface area contributed by atoms with E-state index in [-0.39, 0.29) is 22.5 Å². The van der Waals surface area contributed by atoms with Crippen molar-refractivity contribution < 1.29 is 4.79 Å². The molecular weight excluding hydrogens is 286 g/mol. The van der Waals surface area contributed by atoms with Crippen molar-refractivity contribution in [2.24, 2.45) is 5.73 Å². The van der Waals surface area contributed by atoms with E-state index in [9.17, 15) is 14.4 Å². The zero-order chi connectivity index (χ0) is 16.3. The van der Waals surface area contributed by atoms with Crippen LogP contribution in [0.3, 0.4) is 0 Å². The number of nitrogens with two attached hydrogens (primary N) is 1. The summed E-state index contributed by atoms with van der Waals surface area (Å²) in [6.45, 7) is 4.26. The van der Waals surface area contributed by atoms with Crippen molar-refractivity contribution in [3.63, 3.8) is 0 Å². The number of hydrogen-bond acceptors (Lipinski definition) is 5. The predicted octanol–water partition coefficient (Wildman–Crippen LogP) is -0.141. The van der Waals surface area contributed by atoms with Gasteiger partial charge in [-0.2, -0.15) is 0 Å². The van der Waals surface area contributed by atoms with Gasteiger partial charge in [-0.15, -0.1) is 0 Å². The Labute approximate surface area is 126 Å². The van der Waals surface area contributed by atoms with E-state index < -0.39 is 16.8 Å². The summed E-state index contributed by atoms with van der Waals surface area (Å²) in [5.74, 6) is -0.364. The Morgan fingerprint density at radius 1 is 1.32 bits per heavy atom. The van der Waals surface area contributed by atoms with Gasteiger partial charge in [0.2, 0.25) is 0 Å². The number of amides is 1. The normalized spacial score (nSPS) is 11.6. The van der Waals surface area contributed by atoms with Crippen LogP contribution in [0.4, 0.5) is 0 Å². The van der Waals surface area contributed by atoms with E-state index in [0.29, 0.717) is 6.54 Å². The van der Waals surface area contributed by atoms with Gasteiger partial charge in [-0.25, -0.2) is 9.78 Å². The Hall–Kier alpha value is -2.48. The molecule has 118 valence electrons. The molecule has 0 unspecified atom stereocenters. The van der Waals surface area contributed by atoms with Gasteiger partial charge in [-0.05, 0) is 18.9 Å². The number of rotatable bonds is 5. The maximum Gasteiger partial charge on any atom is 0.327 e. The number of hydrogen-bond donors (Lipinski definition) is 4. The summed E-state index contributed by atoms with van der Waals surface area (Å²) in [4.78, 5) is 43.5. The van der Waals surface area contributed by atoms with Gasteiger partial charge in [0.25, 0.3) is 11.5 Å².